The molecule has 67 heavy (non-hydrogen) atoms. The topological polar surface area (TPSA) is 406 Å². The van der Waals surface area contributed by atoms with Crippen molar-refractivity contribution in [2.75, 3.05) is 49.3 Å². The van der Waals surface area contributed by atoms with Crippen LogP contribution in [0.5, 0.6) is 0 Å². The number of nitrogens with one attached hydrogen (secondary N) is 8. The van der Waals surface area contributed by atoms with E-state index in [0.717, 1.165) is 4.90 Å². The third-order valence-corrected chi connectivity index (χ3v) is 11.5. The quantitative estimate of drug-likeness (QED) is 0.0227. The van der Waals surface area contributed by atoms with Gasteiger partial charge in [-0.1, -0.05) is 13.8 Å². The zero-order chi connectivity index (χ0) is 51.0. The minimum atomic E-state index is -1.67. The molecular formula is C38H66N12O13S4. The van der Waals surface area contributed by atoms with Crippen LogP contribution in [0.25, 0.3) is 0 Å². The molecular weight excluding hydrogens is 961 g/mol. The molecule has 0 spiro atoms. The molecule has 0 aromatic heterocycles. The minimum absolute atomic E-state index is 0.0137. The molecule has 1 saturated heterocycles. The summed E-state index contributed by atoms with van der Waals surface area (Å²) in [6.45, 7) is 2.42. The Morgan fingerprint density at radius 1 is 0.657 bits per heavy atom. The first-order valence-corrected chi connectivity index (χ1v) is 23.8. The maximum atomic E-state index is 13.8. The predicted octanol–water partition coefficient (Wildman–Crippen LogP) is -6.34. The van der Waals surface area contributed by atoms with Gasteiger partial charge in [0, 0.05) is 29.6 Å². The highest BCUT2D eigenvalue weighted by molar-refractivity contribution is 7.80. The van der Waals surface area contributed by atoms with Crippen LogP contribution < -0.4 is 59.7 Å². The summed E-state index contributed by atoms with van der Waals surface area (Å²) in [5, 5.41) is 38.6. The molecule has 0 saturated carbocycles. The van der Waals surface area contributed by atoms with Crippen LogP contribution in [-0.2, 0) is 52.7 Å². The van der Waals surface area contributed by atoms with Crippen molar-refractivity contribution in [3.05, 3.63) is 0 Å². The fourth-order valence-electron chi connectivity index (χ4n) is 6.39. The highest BCUT2D eigenvalue weighted by Gasteiger charge is 2.40. The summed E-state index contributed by atoms with van der Waals surface area (Å²) in [4.78, 5) is 143. The number of carbonyl (C=O) groups excluding carboxylic acids is 10. The number of likely N-dealkylation sites (tertiary alicyclic amines) is 1. The van der Waals surface area contributed by atoms with Crippen molar-refractivity contribution < 1.29 is 63.0 Å². The summed E-state index contributed by atoms with van der Waals surface area (Å²) in [6.07, 6.45) is 0.711. The Balaban J connectivity index is 3.03. The summed E-state index contributed by atoms with van der Waals surface area (Å²) in [7, 11) is 0. The molecule has 0 aromatic carbocycles. The van der Waals surface area contributed by atoms with Gasteiger partial charge >= 0.3 is 5.97 Å². The Morgan fingerprint density at radius 3 is 1.69 bits per heavy atom. The molecule has 0 aromatic rings. The molecule has 0 aliphatic carbocycles. The van der Waals surface area contributed by atoms with Crippen LogP contribution in [0.2, 0.25) is 0 Å². The van der Waals surface area contributed by atoms with Crippen molar-refractivity contribution in [2.45, 2.75) is 113 Å². The van der Waals surface area contributed by atoms with Crippen LogP contribution in [-0.4, -0.2) is 184 Å². The van der Waals surface area contributed by atoms with Gasteiger partial charge in [0.1, 0.15) is 48.3 Å². The van der Waals surface area contributed by atoms with Gasteiger partial charge in [0.15, 0.2) is 0 Å². The van der Waals surface area contributed by atoms with Crippen molar-refractivity contribution in [1.29, 1.82) is 0 Å². The first kappa shape index (κ1) is 60.5. The van der Waals surface area contributed by atoms with Crippen LogP contribution in [0.1, 0.15) is 58.8 Å². The average Bonchev–Trinajstić information content (AvgIpc) is 3.78. The fourth-order valence-corrected chi connectivity index (χ4v) is 7.32. The number of carboxylic acid groups (broad SMARTS) is 1. The second kappa shape index (κ2) is 31.5. The first-order chi connectivity index (χ1) is 31.6. The third kappa shape index (κ3) is 21.1. The Kier molecular flexibility index (Phi) is 28.4. The third-order valence-electron chi connectivity index (χ3n) is 10.00. The fraction of sp³-hybridized carbons (Fsp3) is 0.711. The summed E-state index contributed by atoms with van der Waals surface area (Å²) < 4.78 is 0. The second-order valence-corrected chi connectivity index (χ2v) is 17.3. The maximum absolute atomic E-state index is 13.8. The molecule has 1 fully saturated rings. The zero-order valence-electron chi connectivity index (χ0n) is 37.2. The number of carboxylic acids is 1. The average molecular weight is 1030 g/mol. The highest BCUT2D eigenvalue weighted by Crippen LogP contribution is 2.19. The van der Waals surface area contributed by atoms with E-state index in [1.54, 1.807) is 13.8 Å². The van der Waals surface area contributed by atoms with E-state index in [2.05, 4.69) is 93.0 Å². The maximum Gasteiger partial charge on any atom is 0.326 e. The van der Waals surface area contributed by atoms with E-state index in [0.29, 0.717) is 25.8 Å². The molecule has 1 aliphatic rings. The standard InChI is InChI=1S/C38H66N12O13S4/c1-18(2)10-21(43-29(53)12-42-30(54)19(40)14-64)31(55)47-24(15-65)35(59)46-23(13-51)33(57)49-26(17-67)37(61)50-9-5-7-27(50)36(60)48-25(16-66)34(58)45-22(11-28(41)52)32(56)44-20(38(62)63)6-3-4-8-39/h18-27,51,64-67H,3-17,39-40H2,1-2H3,(H2,41,52)(H,42,54)(H,43,53)(H,44,56)(H,45,58)(H,46,59)(H,47,55)(H,48,60)(H,49,57)(H,62,63)/t19-,20-,21-,22-,23-,24-,25-,26-,27-/m0/s1. The second-order valence-electron chi connectivity index (χ2n) is 15.8. The van der Waals surface area contributed by atoms with Gasteiger partial charge in [-0.25, -0.2) is 4.79 Å². The molecule has 9 atom stereocenters. The molecule has 380 valence electrons. The summed E-state index contributed by atoms with van der Waals surface area (Å²) in [6, 6.07) is -12.2. The minimum Gasteiger partial charge on any atom is -0.480 e. The predicted molar refractivity (Wildman–Crippen MR) is 256 cm³/mol. The summed E-state index contributed by atoms with van der Waals surface area (Å²) >= 11 is 16.4. The number of rotatable bonds is 31. The smallest absolute Gasteiger partial charge is 0.326 e. The Hall–Kier alpha value is -4.55. The van der Waals surface area contributed by atoms with Crippen molar-refractivity contribution >= 4 is 116 Å². The lowest BCUT2D eigenvalue weighted by Gasteiger charge is -2.30. The van der Waals surface area contributed by atoms with Crippen molar-refractivity contribution in [1.82, 2.24) is 47.4 Å². The van der Waals surface area contributed by atoms with E-state index in [9.17, 15) is 63.0 Å². The number of nitrogens with two attached hydrogens (primary N) is 3. The zero-order valence-corrected chi connectivity index (χ0v) is 40.8. The van der Waals surface area contributed by atoms with Gasteiger partial charge in [0.25, 0.3) is 0 Å². The van der Waals surface area contributed by atoms with Crippen LogP contribution in [0, 0.1) is 5.92 Å². The number of nitrogens with zero attached hydrogens (tertiary/aromatic N) is 1. The number of carbonyl (C=O) groups is 11. The number of aliphatic hydroxyl groups excluding tert-OH is 1. The van der Waals surface area contributed by atoms with Crippen molar-refractivity contribution in [3.8, 4) is 0 Å². The molecule has 29 heteroatoms. The Morgan fingerprint density at radius 2 is 1.16 bits per heavy atom. The summed E-state index contributed by atoms with van der Waals surface area (Å²) in [5.74, 6) is -11.1. The van der Waals surface area contributed by atoms with Crippen molar-refractivity contribution in [2.24, 2.45) is 23.1 Å². The lowest BCUT2D eigenvalue weighted by Crippen LogP contribution is -2.61. The lowest BCUT2D eigenvalue weighted by molar-refractivity contribution is -0.143. The number of amides is 10. The SMILES string of the molecule is CC(C)C[C@H](NC(=O)CNC(=O)[C@@H](N)CS)C(=O)N[C@@H](CS)C(=O)N[C@@H](CO)C(=O)N[C@@H](CS)C(=O)N1CCC[C@H]1C(=O)N[C@@H](CS)C(=O)N[C@@H](CC(N)=O)C(=O)N[C@@H](CCCCN)C(=O)O. The number of hydrogen-bond donors (Lipinski definition) is 17. The Bertz CT molecular complexity index is 1750. The molecule has 0 unspecified atom stereocenters. The van der Waals surface area contributed by atoms with Crippen LogP contribution in [0.3, 0.4) is 0 Å². The van der Waals surface area contributed by atoms with Gasteiger partial charge in [0.05, 0.1) is 25.6 Å². The van der Waals surface area contributed by atoms with Crippen LogP contribution in [0.4, 0.5) is 0 Å². The largest absolute Gasteiger partial charge is 0.480 e. The highest BCUT2D eigenvalue weighted by atomic mass is 32.1. The monoisotopic (exact) mass is 1030 g/mol. The molecule has 25 nitrogen and oxygen atoms in total. The van der Waals surface area contributed by atoms with Crippen molar-refractivity contribution in [3.63, 3.8) is 0 Å². The summed E-state index contributed by atoms with van der Waals surface area (Å²) in [5.41, 5.74) is 16.3. The van der Waals surface area contributed by atoms with E-state index in [1.807, 2.05) is 0 Å². The molecule has 1 aliphatic heterocycles. The van der Waals surface area contributed by atoms with E-state index in [1.165, 1.54) is 0 Å². The van der Waals surface area contributed by atoms with Gasteiger partial charge < -0.3 is 74.8 Å². The molecule has 1 rings (SSSR count). The molecule has 16 N–H and O–H groups in total. The van der Waals surface area contributed by atoms with Gasteiger partial charge in [-0.05, 0) is 51.0 Å². The van der Waals surface area contributed by atoms with E-state index >= 15 is 0 Å². The number of aliphatic carboxylic acids is 1. The van der Waals surface area contributed by atoms with E-state index in [4.69, 9.17) is 17.2 Å². The van der Waals surface area contributed by atoms with Gasteiger partial charge in [-0.3, -0.25) is 47.9 Å². The number of aliphatic hydroxyl groups is 1. The van der Waals surface area contributed by atoms with Gasteiger partial charge in [-0.15, -0.1) is 0 Å². The molecule has 10 amide bonds. The normalized spacial score (nSPS) is 16.9. The number of unbranched alkanes of at least 4 members (excludes halogenated alkanes) is 1. The lowest BCUT2D eigenvalue weighted by atomic mass is 10.0. The number of thiol groups is 4. The Labute approximate surface area is 409 Å². The molecule has 1 heterocycles. The van der Waals surface area contributed by atoms with Gasteiger partial charge in [-0.2, -0.15) is 50.5 Å². The van der Waals surface area contributed by atoms with E-state index < -0.39 is 139 Å². The number of primary amides is 1. The molecule has 0 bridgehead atoms. The molecule has 0 radical (unpaired) electrons. The number of hydrogen-bond acceptors (Lipinski definition) is 18. The van der Waals surface area contributed by atoms with Crippen LogP contribution >= 0.6 is 50.5 Å². The first-order valence-electron chi connectivity index (χ1n) is 21.3. The van der Waals surface area contributed by atoms with Crippen LogP contribution in [0.15, 0.2) is 0 Å². The van der Waals surface area contributed by atoms with Gasteiger partial charge in [0.2, 0.25) is 59.1 Å². The van der Waals surface area contributed by atoms with E-state index in [-0.39, 0.29) is 54.7 Å².